The fourth-order valence-electron chi connectivity index (χ4n) is 2.25. The monoisotopic (exact) mass is 406 g/mol. The molecule has 2 aromatic rings. The maximum Gasteiger partial charge on any atom is 0.322 e. The molecular formula is C19H22N2O6S. The predicted octanol–water partition coefficient (Wildman–Crippen LogP) is 1.60. The van der Waals surface area contributed by atoms with E-state index < -0.39 is 21.7 Å². The molecule has 0 fully saturated rings. The van der Waals surface area contributed by atoms with Crippen molar-refractivity contribution in [1.29, 1.82) is 0 Å². The van der Waals surface area contributed by atoms with Crippen LogP contribution in [0, 0.1) is 6.92 Å². The molecular weight excluding hydrogens is 384 g/mol. The Morgan fingerprint density at radius 2 is 1.79 bits per heavy atom. The zero-order chi connectivity index (χ0) is 20.6. The minimum absolute atomic E-state index is 0.167. The van der Waals surface area contributed by atoms with Gasteiger partial charge in [0.1, 0.15) is 5.75 Å². The van der Waals surface area contributed by atoms with Crippen molar-refractivity contribution in [3.63, 3.8) is 0 Å². The number of hydrogen-bond acceptors (Lipinski definition) is 6. The normalized spacial score (nSPS) is 10.8. The summed E-state index contributed by atoms with van der Waals surface area (Å²) in [7, 11) is -2.75. The maximum atomic E-state index is 11.9. The van der Waals surface area contributed by atoms with Gasteiger partial charge in [-0.05, 0) is 36.2 Å². The molecule has 1 amide bonds. The molecule has 0 heterocycles. The number of carbonyl (C=O) groups is 2. The van der Waals surface area contributed by atoms with Gasteiger partial charge in [0.25, 0.3) is 5.91 Å². The number of benzene rings is 2. The van der Waals surface area contributed by atoms with E-state index in [-0.39, 0.29) is 12.5 Å². The number of hydrogen-bond donors (Lipinski definition) is 2. The van der Waals surface area contributed by atoms with Crippen molar-refractivity contribution in [3.05, 3.63) is 59.7 Å². The molecule has 0 saturated heterocycles. The van der Waals surface area contributed by atoms with Gasteiger partial charge in [0.05, 0.1) is 12.8 Å². The summed E-state index contributed by atoms with van der Waals surface area (Å²) in [5.74, 6) is -1.48. The van der Waals surface area contributed by atoms with Gasteiger partial charge in [0, 0.05) is 6.54 Å². The molecule has 0 aliphatic carbocycles. The van der Waals surface area contributed by atoms with Crippen molar-refractivity contribution in [1.82, 2.24) is 5.32 Å². The highest BCUT2D eigenvalue weighted by Gasteiger charge is 2.18. The summed E-state index contributed by atoms with van der Waals surface area (Å²) in [6.07, 6.45) is 0. The molecule has 2 N–H and O–H groups in total. The number of ether oxygens (including phenoxy) is 2. The van der Waals surface area contributed by atoms with Crippen molar-refractivity contribution in [2.24, 2.45) is 0 Å². The Kier molecular flexibility index (Phi) is 7.39. The van der Waals surface area contributed by atoms with Gasteiger partial charge in [-0.2, -0.15) is 0 Å². The number of methoxy groups -OCH3 is 1. The average molecular weight is 406 g/mol. The standard InChI is InChI=1S/C19H22N2O6S/c1-14-10-16(8-9-17(14)21-28(24,25)13-19(23)26-2)27-12-18(22)20-11-15-6-4-3-5-7-15/h3-10,21H,11-13H2,1-2H3,(H,20,22). The zero-order valence-corrected chi connectivity index (χ0v) is 16.4. The van der Waals surface area contributed by atoms with Crippen LogP contribution < -0.4 is 14.8 Å². The van der Waals surface area contributed by atoms with Crippen LogP contribution in [-0.2, 0) is 30.9 Å². The molecule has 150 valence electrons. The molecule has 0 saturated carbocycles. The predicted molar refractivity (Wildman–Crippen MR) is 104 cm³/mol. The molecule has 0 radical (unpaired) electrons. The molecule has 0 spiro atoms. The Balaban J connectivity index is 1.88. The van der Waals surface area contributed by atoms with Crippen molar-refractivity contribution < 1.29 is 27.5 Å². The van der Waals surface area contributed by atoms with Gasteiger partial charge in [-0.1, -0.05) is 30.3 Å². The fourth-order valence-corrected chi connectivity index (χ4v) is 3.32. The van der Waals surface area contributed by atoms with E-state index in [0.29, 0.717) is 23.5 Å². The van der Waals surface area contributed by atoms with Crippen LogP contribution in [0.3, 0.4) is 0 Å². The number of nitrogens with one attached hydrogen (secondary N) is 2. The van der Waals surface area contributed by atoms with Gasteiger partial charge in [-0.15, -0.1) is 0 Å². The van der Waals surface area contributed by atoms with E-state index >= 15 is 0 Å². The number of rotatable bonds is 9. The first-order valence-corrected chi connectivity index (χ1v) is 10.1. The van der Waals surface area contributed by atoms with Crippen LogP contribution in [0.15, 0.2) is 48.5 Å². The van der Waals surface area contributed by atoms with Crippen LogP contribution >= 0.6 is 0 Å². The molecule has 0 aliphatic rings. The Morgan fingerprint density at radius 3 is 2.43 bits per heavy atom. The highest BCUT2D eigenvalue weighted by molar-refractivity contribution is 7.93. The van der Waals surface area contributed by atoms with Crippen LogP contribution in [0.2, 0.25) is 0 Å². The highest BCUT2D eigenvalue weighted by atomic mass is 32.2. The zero-order valence-electron chi connectivity index (χ0n) is 15.6. The fraction of sp³-hybridized carbons (Fsp3) is 0.263. The Bertz CT molecular complexity index is 929. The van der Waals surface area contributed by atoms with Crippen molar-refractivity contribution >= 4 is 27.6 Å². The molecule has 28 heavy (non-hydrogen) atoms. The lowest BCUT2D eigenvalue weighted by molar-refractivity contribution is -0.137. The third-order valence-electron chi connectivity index (χ3n) is 3.70. The lowest BCUT2D eigenvalue weighted by atomic mass is 10.2. The van der Waals surface area contributed by atoms with Gasteiger partial charge < -0.3 is 14.8 Å². The molecule has 0 unspecified atom stereocenters. The lowest BCUT2D eigenvalue weighted by Crippen LogP contribution is -2.28. The van der Waals surface area contributed by atoms with E-state index in [4.69, 9.17) is 4.74 Å². The van der Waals surface area contributed by atoms with Gasteiger partial charge in [0.15, 0.2) is 12.4 Å². The summed E-state index contributed by atoms with van der Waals surface area (Å²) < 4.78 is 35.9. The van der Waals surface area contributed by atoms with Gasteiger partial charge >= 0.3 is 5.97 Å². The number of anilines is 1. The SMILES string of the molecule is COC(=O)CS(=O)(=O)Nc1ccc(OCC(=O)NCc2ccccc2)cc1C. The third-order valence-corrected chi connectivity index (χ3v) is 4.85. The number of esters is 1. The van der Waals surface area contributed by atoms with E-state index in [2.05, 4.69) is 14.8 Å². The van der Waals surface area contributed by atoms with Crippen LogP contribution in [0.1, 0.15) is 11.1 Å². The summed E-state index contributed by atoms with van der Waals surface area (Å²) in [4.78, 5) is 23.0. The second-order valence-corrected chi connectivity index (χ2v) is 7.69. The molecule has 2 rings (SSSR count). The van der Waals surface area contributed by atoms with Crippen LogP contribution in [0.4, 0.5) is 5.69 Å². The third kappa shape index (κ3) is 6.92. The smallest absolute Gasteiger partial charge is 0.322 e. The van der Waals surface area contributed by atoms with E-state index in [0.717, 1.165) is 12.7 Å². The quantitative estimate of drug-likeness (QED) is 0.612. The summed E-state index contributed by atoms with van der Waals surface area (Å²) in [6.45, 7) is 1.92. The van der Waals surface area contributed by atoms with Gasteiger partial charge in [0.2, 0.25) is 10.0 Å². The molecule has 0 atom stereocenters. The minimum Gasteiger partial charge on any atom is -0.484 e. The molecule has 0 bridgehead atoms. The minimum atomic E-state index is -3.87. The molecule has 2 aromatic carbocycles. The van der Waals surface area contributed by atoms with Crippen molar-refractivity contribution in [3.8, 4) is 5.75 Å². The first-order chi connectivity index (χ1) is 13.3. The number of aryl methyl sites for hydroxylation is 1. The van der Waals surface area contributed by atoms with Gasteiger partial charge in [-0.25, -0.2) is 8.42 Å². The molecule has 9 heteroatoms. The summed E-state index contributed by atoms with van der Waals surface area (Å²) in [5.41, 5.74) is 1.87. The molecule has 0 aromatic heterocycles. The molecule has 8 nitrogen and oxygen atoms in total. The largest absolute Gasteiger partial charge is 0.484 e. The molecule has 0 aliphatic heterocycles. The van der Waals surface area contributed by atoms with Crippen molar-refractivity contribution in [2.75, 3.05) is 24.2 Å². The summed E-state index contributed by atoms with van der Waals surface area (Å²) in [5, 5.41) is 2.75. The van der Waals surface area contributed by atoms with E-state index in [9.17, 15) is 18.0 Å². The van der Waals surface area contributed by atoms with E-state index in [1.807, 2.05) is 30.3 Å². The Labute approximate surface area is 163 Å². The summed E-state index contributed by atoms with van der Waals surface area (Å²) in [6, 6.07) is 14.1. The second kappa shape index (κ2) is 9.75. The Hall–Kier alpha value is -3.07. The number of sulfonamides is 1. The maximum absolute atomic E-state index is 11.9. The van der Waals surface area contributed by atoms with Crippen LogP contribution in [0.25, 0.3) is 0 Å². The summed E-state index contributed by atoms with van der Waals surface area (Å²) >= 11 is 0. The van der Waals surface area contributed by atoms with E-state index in [1.54, 1.807) is 13.0 Å². The Morgan fingerprint density at radius 1 is 1.07 bits per heavy atom. The number of carbonyl (C=O) groups excluding carboxylic acids is 2. The first-order valence-electron chi connectivity index (χ1n) is 8.40. The first kappa shape index (κ1) is 21.2. The highest BCUT2D eigenvalue weighted by Crippen LogP contribution is 2.22. The van der Waals surface area contributed by atoms with Crippen LogP contribution in [0.5, 0.6) is 5.75 Å². The van der Waals surface area contributed by atoms with Gasteiger partial charge in [-0.3, -0.25) is 14.3 Å². The lowest BCUT2D eigenvalue weighted by Gasteiger charge is -2.12. The topological polar surface area (TPSA) is 111 Å². The van der Waals surface area contributed by atoms with Crippen molar-refractivity contribution in [2.45, 2.75) is 13.5 Å². The number of amides is 1. The average Bonchev–Trinajstić information content (AvgIpc) is 2.67. The van der Waals surface area contributed by atoms with Crippen LogP contribution in [-0.4, -0.2) is 39.8 Å². The second-order valence-electron chi connectivity index (χ2n) is 5.97. The van der Waals surface area contributed by atoms with E-state index in [1.165, 1.54) is 12.1 Å².